The van der Waals surface area contributed by atoms with E-state index in [-0.39, 0.29) is 42.5 Å². The van der Waals surface area contributed by atoms with Crippen LogP contribution in [0.4, 0.5) is 0 Å². The molecule has 1 heterocycles. The highest BCUT2D eigenvalue weighted by Crippen LogP contribution is 2.20. The molecule has 0 saturated heterocycles. The molecular weight excluding hydrogens is 507 g/mol. The van der Waals surface area contributed by atoms with Crippen molar-refractivity contribution in [1.29, 1.82) is 0 Å². The highest BCUT2D eigenvalue weighted by Gasteiger charge is 2.20. The van der Waals surface area contributed by atoms with Crippen LogP contribution in [-0.4, -0.2) is 56.7 Å². The number of carbonyl (C=O) groups is 1. The molecule has 0 fully saturated rings. The van der Waals surface area contributed by atoms with Gasteiger partial charge in [-0.1, -0.05) is 30.3 Å². The molecular formula is C23H31IN4O3. The van der Waals surface area contributed by atoms with Crippen LogP contribution in [0.3, 0.4) is 0 Å². The van der Waals surface area contributed by atoms with Gasteiger partial charge < -0.3 is 25.0 Å². The van der Waals surface area contributed by atoms with Gasteiger partial charge in [0.2, 0.25) is 5.91 Å². The highest BCUT2D eigenvalue weighted by molar-refractivity contribution is 14.0. The Morgan fingerprint density at radius 1 is 1.13 bits per heavy atom. The van der Waals surface area contributed by atoms with Crippen molar-refractivity contribution in [2.75, 3.05) is 33.8 Å². The van der Waals surface area contributed by atoms with E-state index >= 15 is 0 Å². The number of hydrogen-bond donors (Lipinski definition) is 2. The standard InChI is InChI=1S/C23H30N4O3.HI/c1-17(30-21-10-6-9-20(13-21)29-3)14-25-23(24-2)26-15-22(28)27-12-11-18-7-4-5-8-19(18)16-27;/h4-10,13,17H,11-12,14-16H2,1-3H3,(H2,24,25,26);1H. The number of nitrogens with one attached hydrogen (secondary N) is 2. The van der Waals surface area contributed by atoms with E-state index in [0.717, 1.165) is 24.5 Å². The first-order valence-corrected chi connectivity index (χ1v) is 10.2. The second kappa shape index (κ2) is 12.4. The lowest BCUT2D eigenvalue weighted by molar-refractivity contribution is -0.130. The van der Waals surface area contributed by atoms with Crippen molar-refractivity contribution in [3.8, 4) is 11.5 Å². The summed E-state index contributed by atoms with van der Waals surface area (Å²) in [5.74, 6) is 2.13. The maximum Gasteiger partial charge on any atom is 0.242 e. The van der Waals surface area contributed by atoms with Crippen LogP contribution in [0.15, 0.2) is 53.5 Å². The number of nitrogens with zero attached hydrogens (tertiary/aromatic N) is 2. The zero-order chi connectivity index (χ0) is 21.3. The van der Waals surface area contributed by atoms with Crippen LogP contribution in [0.1, 0.15) is 18.1 Å². The molecule has 0 bridgehead atoms. The van der Waals surface area contributed by atoms with Gasteiger partial charge in [0.25, 0.3) is 0 Å². The van der Waals surface area contributed by atoms with Gasteiger partial charge in [0.15, 0.2) is 5.96 Å². The van der Waals surface area contributed by atoms with Gasteiger partial charge in [0.1, 0.15) is 17.6 Å². The van der Waals surface area contributed by atoms with Crippen molar-refractivity contribution in [3.05, 3.63) is 59.7 Å². The summed E-state index contributed by atoms with van der Waals surface area (Å²) < 4.78 is 11.1. The lowest BCUT2D eigenvalue weighted by atomic mass is 10.00. The summed E-state index contributed by atoms with van der Waals surface area (Å²) in [5.41, 5.74) is 2.56. The van der Waals surface area contributed by atoms with Crippen LogP contribution in [-0.2, 0) is 17.8 Å². The van der Waals surface area contributed by atoms with E-state index in [1.165, 1.54) is 11.1 Å². The van der Waals surface area contributed by atoms with Gasteiger partial charge >= 0.3 is 0 Å². The first kappa shape index (κ1) is 24.8. The van der Waals surface area contributed by atoms with Crippen LogP contribution >= 0.6 is 24.0 Å². The third-order valence-corrected chi connectivity index (χ3v) is 5.05. The minimum absolute atomic E-state index is 0. The van der Waals surface area contributed by atoms with Gasteiger partial charge in [0.05, 0.1) is 20.2 Å². The summed E-state index contributed by atoms with van der Waals surface area (Å²) >= 11 is 0. The quantitative estimate of drug-likeness (QED) is 0.322. The first-order valence-electron chi connectivity index (χ1n) is 10.2. The van der Waals surface area contributed by atoms with Gasteiger partial charge in [-0.2, -0.15) is 0 Å². The van der Waals surface area contributed by atoms with Gasteiger partial charge in [0, 0.05) is 26.2 Å². The summed E-state index contributed by atoms with van der Waals surface area (Å²) in [4.78, 5) is 18.7. The van der Waals surface area contributed by atoms with E-state index in [9.17, 15) is 4.79 Å². The lowest BCUT2D eigenvalue weighted by Crippen LogP contribution is -2.47. The van der Waals surface area contributed by atoms with Crippen molar-refractivity contribution in [3.63, 3.8) is 0 Å². The molecule has 8 heteroatoms. The number of aliphatic imine (C=N–C) groups is 1. The fraction of sp³-hybridized carbons (Fsp3) is 0.391. The molecule has 1 unspecified atom stereocenters. The number of carbonyl (C=O) groups excluding carboxylic acids is 1. The van der Waals surface area contributed by atoms with Gasteiger partial charge in [-0.3, -0.25) is 9.79 Å². The largest absolute Gasteiger partial charge is 0.497 e. The third-order valence-electron chi connectivity index (χ3n) is 5.05. The minimum Gasteiger partial charge on any atom is -0.497 e. The molecule has 7 nitrogen and oxygen atoms in total. The van der Waals surface area contributed by atoms with Crippen LogP contribution in [0.2, 0.25) is 0 Å². The molecule has 0 aliphatic carbocycles. The normalized spacial score (nSPS) is 14.0. The number of ether oxygens (including phenoxy) is 2. The van der Waals surface area contributed by atoms with E-state index in [0.29, 0.717) is 19.0 Å². The molecule has 1 atom stereocenters. The van der Waals surface area contributed by atoms with Crippen molar-refractivity contribution in [1.82, 2.24) is 15.5 Å². The fourth-order valence-electron chi connectivity index (χ4n) is 3.39. The molecule has 1 amide bonds. The Balaban J connectivity index is 0.00000341. The maximum atomic E-state index is 12.6. The Morgan fingerprint density at radius 2 is 1.87 bits per heavy atom. The van der Waals surface area contributed by atoms with E-state index in [2.05, 4.69) is 27.8 Å². The molecule has 1 aliphatic heterocycles. The summed E-state index contributed by atoms with van der Waals surface area (Å²) in [5, 5.41) is 6.30. The first-order chi connectivity index (χ1) is 14.6. The van der Waals surface area contributed by atoms with Crippen LogP contribution in [0.25, 0.3) is 0 Å². The number of hydrogen-bond acceptors (Lipinski definition) is 4. The predicted molar refractivity (Wildman–Crippen MR) is 133 cm³/mol. The molecule has 168 valence electrons. The van der Waals surface area contributed by atoms with E-state index in [4.69, 9.17) is 9.47 Å². The monoisotopic (exact) mass is 538 g/mol. The molecule has 0 spiro atoms. The zero-order valence-corrected chi connectivity index (χ0v) is 20.6. The molecule has 2 N–H and O–H groups in total. The number of methoxy groups -OCH3 is 1. The van der Waals surface area contributed by atoms with Crippen molar-refractivity contribution in [2.24, 2.45) is 4.99 Å². The van der Waals surface area contributed by atoms with Crippen molar-refractivity contribution < 1.29 is 14.3 Å². The van der Waals surface area contributed by atoms with Gasteiger partial charge in [-0.25, -0.2) is 0 Å². The van der Waals surface area contributed by atoms with E-state index < -0.39 is 0 Å². The van der Waals surface area contributed by atoms with E-state index in [1.807, 2.05) is 48.2 Å². The molecule has 0 radical (unpaired) electrons. The fourth-order valence-corrected chi connectivity index (χ4v) is 3.39. The molecule has 0 aromatic heterocycles. The number of halogens is 1. The Bertz CT molecular complexity index is 891. The summed E-state index contributed by atoms with van der Waals surface area (Å²) in [6, 6.07) is 15.8. The summed E-state index contributed by atoms with van der Waals surface area (Å²) in [6.07, 6.45) is 0.804. The Hall–Kier alpha value is -2.49. The minimum atomic E-state index is -0.0926. The third kappa shape index (κ3) is 7.30. The Labute approximate surface area is 201 Å². The Morgan fingerprint density at radius 3 is 2.61 bits per heavy atom. The molecule has 0 saturated carbocycles. The van der Waals surface area contributed by atoms with Crippen molar-refractivity contribution >= 4 is 35.8 Å². The number of guanidine groups is 1. The van der Waals surface area contributed by atoms with Crippen LogP contribution in [0, 0.1) is 0 Å². The second-order valence-electron chi connectivity index (χ2n) is 7.25. The summed E-state index contributed by atoms with van der Waals surface area (Å²) in [6.45, 7) is 4.12. The lowest BCUT2D eigenvalue weighted by Gasteiger charge is -2.29. The second-order valence-corrected chi connectivity index (χ2v) is 7.25. The van der Waals surface area contributed by atoms with Gasteiger partial charge in [-0.05, 0) is 36.6 Å². The Kier molecular flexibility index (Phi) is 9.90. The van der Waals surface area contributed by atoms with Gasteiger partial charge in [-0.15, -0.1) is 24.0 Å². The molecule has 3 rings (SSSR count). The number of fused-ring (bicyclic) bond motifs is 1. The number of rotatable bonds is 7. The van der Waals surface area contributed by atoms with Crippen LogP contribution < -0.4 is 20.1 Å². The average Bonchev–Trinajstić information content (AvgIpc) is 2.78. The molecule has 2 aromatic carbocycles. The van der Waals surface area contributed by atoms with Crippen molar-refractivity contribution in [2.45, 2.75) is 26.0 Å². The summed E-state index contributed by atoms with van der Waals surface area (Å²) in [7, 11) is 3.31. The maximum absolute atomic E-state index is 12.6. The average molecular weight is 538 g/mol. The molecule has 2 aromatic rings. The smallest absolute Gasteiger partial charge is 0.242 e. The van der Waals surface area contributed by atoms with E-state index in [1.54, 1.807) is 14.2 Å². The zero-order valence-electron chi connectivity index (χ0n) is 18.3. The van der Waals surface area contributed by atoms with Crippen LogP contribution in [0.5, 0.6) is 11.5 Å². The predicted octanol–water partition coefficient (Wildman–Crippen LogP) is 2.83. The number of benzene rings is 2. The number of amides is 1. The highest BCUT2D eigenvalue weighted by atomic mass is 127. The molecule has 1 aliphatic rings. The topological polar surface area (TPSA) is 75.2 Å². The SMILES string of the molecule is CN=C(NCC(=O)N1CCc2ccccc2C1)NCC(C)Oc1cccc(OC)c1.I. The molecule has 31 heavy (non-hydrogen) atoms.